The van der Waals surface area contributed by atoms with E-state index in [-0.39, 0.29) is 22.8 Å². The molecule has 0 spiro atoms. The zero-order valence-electron chi connectivity index (χ0n) is 16.6. The van der Waals surface area contributed by atoms with Crippen molar-refractivity contribution >= 4 is 53.3 Å². The maximum atomic E-state index is 12.8. The number of sulfone groups is 1. The Labute approximate surface area is 177 Å². The molecule has 0 bridgehead atoms. The van der Waals surface area contributed by atoms with Crippen molar-refractivity contribution in [3.05, 3.63) is 23.0 Å². The van der Waals surface area contributed by atoms with Crippen molar-refractivity contribution in [2.45, 2.75) is 30.3 Å². The lowest BCUT2D eigenvalue weighted by Gasteiger charge is -2.18. The second kappa shape index (κ2) is 8.21. The Hall–Kier alpha value is -2.09. The van der Waals surface area contributed by atoms with Gasteiger partial charge < -0.3 is 9.30 Å². The van der Waals surface area contributed by atoms with Gasteiger partial charge in [0.2, 0.25) is 10.0 Å². The molecule has 0 N–H and O–H groups in total. The average molecular weight is 476 g/mol. The minimum Gasteiger partial charge on any atom is -0.468 e. The van der Waals surface area contributed by atoms with Crippen LogP contribution in [0.2, 0.25) is 0 Å². The quantitative estimate of drug-likeness (QED) is 0.562. The summed E-state index contributed by atoms with van der Waals surface area (Å²) in [6.07, 6.45) is 3.03. The number of sulfonamides is 1. The molecule has 1 aromatic heterocycles. The third-order valence-electron chi connectivity index (χ3n) is 4.72. The zero-order chi connectivity index (χ0) is 22.3. The summed E-state index contributed by atoms with van der Waals surface area (Å²) < 4.78 is 55.4. The van der Waals surface area contributed by atoms with E-state index >= 15 is 0 Å². The van der Waals surface area contributed by atoms with Crippen molar-refractivity contribution in [3.63, 3.8) is 0 Å². The number of thiazole rings is 1. The molecule has 30 heavy (non-hydrogen) atoms. The normalized spacial score (nSPS) is 18.8. The van der Waals surface area contributed by atoms with Gasteiger partial charge in [0.15, 0.2) is 14.6 Å². The van der Waals surface area contributed by atoms with E-state index in [9.17, 15) is 26.4 Å². The fraction of sp³-hybridized carbons (Fsp3) is 0.471. The number of hydrogen-bond donors (Lipinski definition) is 0. The number of fused-ring (bicyclic) bond motifs is 1. The van der Waals surface area contributed by atoms with Crippen LogP contribution in [0.25, 0.3) is 10.2 Å². The van der Waals surface area contributed by atoms with E-state index in [0.29, 0.717) is 23.1 Å². The van der Waals surface area contributed by atoms with Gasteiger partial charge in [-0.1, -0.05) is 11.3 Å². The first-order valence-corrected chi connectivity index (χ1v) is 13.4. The summed E-state index contributed by atoms with van der Waals surface area (Å²) in [5, 5.41) is 0. The van der Waals surface area contributed by atoms with Crippen molar-refractivity contribution in [2.24, 2.45) is 4.99 Å². The van der Waals surface area contributed by atoms with E-state index < -0.39 is 37.8 Å². The summed E-state index contributed by atoms with van der Waals surface area (Å²) in [4.78, 5) is 29.0. The minimum absolute atomic E-state index is 0.0957. The largest absolute Gasteiger partial charge is 0.468 e. The van der Waals surface area contributed by atoms with Gasteiger partial charge in [-0.3, -0.25) is 9.59 Å². The number of benzene rings is 1. The van der Waals surface area contributed by atoms with Gasteiger partial charge in [0.25, 0.3) is 5.91 Å². The average Bonchev–Trinajstić information content (AvgIpc) is 3.26. The highest BCUT2D eigenvalue weighted by atomic mass is 32.2. The van der Waals surface area contributed by atoms with Crippen LogP contribution in [0.5, 0.6) is 0 Å². The van der Waals surface area contributed by atoms with Crippen LogP contribution in [0.4, 0.5) is 0 Å². The second-order valence-corrected chi connectivity index (χ2v) is 11.9. The van der Waals surface area contributed by atoms with Gasteiger partial charge in [-0.2, -0.15) is 9.30 Å². The van der Waals surface area contributed by atoms with E-state index in [1.807, 2.05) is 0 Å². The molecule has 13 heteroatoms. The number of esters is 1. The predicted molar refractivity (Wildman–Crippen MR) is 110 cm³/mol. The number of carbonyl (C=O) groups excluding carboxylic acids is 2. The molecule has 10 nitrogen and oxygen atoms in total. The van der Waals surface area contributed by atoms with Crippen LogP contribution < -0.4 is 4.80 Å². The number of nitrogens with zero attached hydrogens (tertiary/aromatic N) is 3. The number of methoxy groups -OCH3 is 1. The van der Waals surface area contributed by atoms with Crippen LogP contribution in [0, 0.1) is 0 Å². The molecular formula is C17H21N3O7S3. The van der Waals surface area contributed by atoms with Gasteiger partial charge in [-0.25, -0.2) is 16.8 Å². The van der Waals surface area contributed by atoms with Crippen LogP contribution in [0.15, 0.2) is 28.1 Å². The molecular weight excluding hydrogens is 454 g/mol. The van der Waals surface area contributed by atoms with Crippen molar-refractivity contribution in [1.82, 2.24) is 8.87 Å². The van der Waals surface area contributed by atoms with Crippen LogP contribution in [-0.2, 0) is 40.7 Å². The van der Waals surface area contributed by atoms with Gasteiger partial charge in [0.05, 0.1) is 28.5 Å². The summed E-state index contributed by atoms with van der Waals surface area (Å²) in [6, 6.07) is 3.49. The molecule has 0 aliphatic carbocycles. The number of ether oxygens (including phenoxy) is 1. The third-order valence-corrected chi connectivity index (χ3v) is 8.16. The monoisotopic (exact) mass is 475 g/mol. The number of aromatic nitrogens is 1. The van der Waals surface area contributed by atoms with Crippen LogP contribution in [0.1, 0.15) is 12.8 Å². The number of carbonyl (C=O) groups is 2. The molecule has 1 unspecified atom stereocenters. The summed E-state index contributed by atoms with van der Waals surface area (Å²) >= 11 is 1.04. The standard InChI is InChI=1S/C17H21N3O7S3/c1-27-15(21)10-19-12-7-6-11(29(2,23)24)9-14(12)28-17(19)18-16(22)13-5-4-8-20(13)30(3,25)26/h6-7,9,13H,4-5,8,10H2,1-3H3. The van der Waals surface area contributed by atoms with Crippen molar-refractivity contribution in [2.75, 3.05) is 26.2 Å². The van der Waals surface area contributed by atoms with E-state index in [4.69, 9.17) is 4.74 Å². The van der Waals surface area contributed by atoms with E-state index in [1.54, 1.807) is 0 Å². The SMILES string of the molecule is COC(=O)Cn1c(=NC(=O)C2CCCN2S(C)(=O)=O)sc2cc(S(C)(=O)=O)ccc21. The second-order valence-electron chi connectivity index (χ2n) is 6.93. The number of hydrogen-bond acceptors (Lipinski definition) is 8. The van der Waals surface area contributed by atoms with E-state index in [1.165, 1.54) is 29.9 Å². The Kier molecular flexibility index (Phi) is 6.18. The molecule has 1 aliphatic heterocycles. The summed E-state index contributed by atoms with van der Waals surface area (Å²) in [6.45, 7) is 0.0123. The molecule has 1 saturated heterocycles. The fourth-order valence-corrected chi connectivity index (χ4v) is 6.18. The summed E-state index contributed by atoms with van der Waals surface area (Å²) in [7, 11) is -5.79. The zero-order valence-corrected chi connectivity index (χ0v) is 19.0. The summed E-state index contributed by atoms with van der Waals surface area (Å²) in [5.41, 5.74) is 0.510. The fourth-order valence-electron chi connectivity index (χ4n) is 3.27. The predicted octanol–water partition coefficient (Wildman–Crippen LogP) is 0.131. The van der Waals surface area contributed by atoms with Gasteiger partial charge in [-0.15, -0.1) is 0 Å². The van der Waals surface area contributed by atoms with E-state index in [2.05, 4.69) is 4.99 Å². The van der Waals surface area contributed by atoms with E-state index in [0.717, 1.165) is 28.2 Å². The van der Waals surface area contributed by atoms with Crippen molar-refractivity contribution < 1.29 is 31.2 Å². The molecule has 1 amide bonds. The minimum atomic E-state index is -3.56. The molecule has 3 rings (SSSR count). The highest BCUT2D eigenvalue weighted by molar-refractivity contribution is 7.90. The number of rotatable bonds is 5. The van der Waals surface area contributed by atoms with Crippen LogP contribution in [0.3, 0.4) is 0 Å². The van der Waals surface area contributed by atoms with Gasteiger partial charge in [0.1, 0.15) is 12.6 Å². The lowest BCUT2D eigenvalue weighted by atomic mass is 10.2. The Bertz CT molecular complexity index is 1290. The molecule has 1 aliphatic rings. The number of amides is 1. The van der Waals surface area contributed by atoms with Crippen molar-refractivity contribution in [3.8, 4) is 0 Å². The Balaban J connectivity index is 2.14. The highest BCUT2D eigenvalue weighted by Crippen LogP contribution is 2.24. The van der Waals surface area contributed by atoms with Crippen LogP contribution in [-0.4, -0.2) is 69.8 Å². The Morgan fingerprint density at radius 1 is 1.23 bits per heavy atom. The first kappa shape index (κ1) is 22.6. The highest BCUT2D eigenvalue weighted by Gasteiger charge is 2.36. The Morgan fingerprint density at radius 2 is 1.93 bits per heavy atom. The lowest BCUT2D eigenvalue weighted by molar-refractivity contribution is -0.141. The van der Waals surface area contributed by atoms with Crippen LogP contribution >= 0.6 is 11.3 Å². The third kappa shape index (κ3) is 4.63. The smallest absolute Gasteiger partial charge is 0.325 e. The molecule has 2 aromatic rings. The van der Waals surface area contributed by atoms with Crippen molar-refractivity contribution in [1.29, 1.82) is 0 Å². The molecule has 0 radical (unpaired) electrons. The topological polar surface area (TPSA) is 132 Å². The molecule has 2 heterocycles. The van der Waals surface area contributed by atoms with Gasteiger partial charge >= 0.3 is 5.97 Å². The molecule has 0 saturated carbocycles. The molecule has 1 fully saturated rings. The van der Waals surface area contributed by atoms with Gasteiger partial charge in [0, 0.05) is 12.8 Å². The molecule has 1 atom stereocenters. The molecule has 164 valence electrons. The molecule has 1 aromatic carbocycles. The first-order chi connectivity index (χ1) is 13.9. The Morgan fingerprint density at radius 3 is 2.53 bits per heavy atom. The maximum Gasteiger partial charge on any atom is 0.325 e. The summed E-state index contributed by atoms with van der Waals surface area (Å²) in [5.74, 6) is -1.21. The first-order valence-electron chi connectivity index (χ1n) is 8.87. The lowest BCUT2D eigenvalue weighted by Crippen LogP contribution is -2.40. The maximum absolute atomic E-state index is 12.8. The van der Waals surface area contributed by atoms with Gasteiger partial charge in [-0.05, 0) is 31.0 Å².